The van der Waals surface area contributed by atoms with Gasteiger partial charge in [-0.25, -0.2) is 0 Å². The van der Waals surface area contributed by atoms with Gasteiger partial charge in [0.15, 0.2) is 10.9 Å². The molecule has 0 spiro atoms. The van der Waals surface area contributed by atoms with Crippen molar-refractivity contribution in [1.82, 2.24) is 14.8 Å². The van der Waals surface area contributed by atoms with Crippen LogP contribution in [0, 0.1) is 0 Å². The van der Waals surface area contributed by atoms with Gasteiger partial charge in [-0.15, -0.1) is 10.2 Å². The number of hydrogen-bond acceptors (Lipinski definition) is 4. The summed E-state index contributed by atoms with van der Waals surface area (Å²) in [6.45, 7) is 0. The molecule has 0 saturated heterocycles. The van der Waals surface area contributed by atoms with Crippen LogP contribution in [-0.4, -0.2) is 26.3 Å². The molecule has 1 heterocycles. The van der Waals surface area contributed by atoms with Gasteiger partial charge in [-0.1, -0.05) is 57.5 Å². The average molecular weight is 437 g/mol. The van der Waals surface area contributed by atoms with E-state index in [2.05, 4.69) is 26.1 Å². The number of ketones is 1. The Hall–Kier alpha value is -1.63. The summed E-state index contributed by atoms with van der Waals surface area (Å²) in [5.41, 5.74) is 1.67. The van der Waals surface area contributed by atoms with E-state index in [9.17, 15) is 4.79 Å². The van der Waals surface area contributed by atoms with E-state index < -0.39 is 0 Å². The molecule has 0 fully saturated rings. The molecule has 25 heavy (non-hydrogen) atoms. The highest BCUT2D eigenvalue weighted by Gasteiger charge is 2.09. The summed E-state index contributed by atoms with van der Waals surface area (Å²) < 4.78 is 2.87. The molecule has 3 rings (SSSR count). The lowest BCUT2D eigenvalue weighted by molar-refractivity contribution is 0.0982. The van der Waals surface area contributed by atoms with Crippen LogP contribution in [0.3, 0.4) is 0 Å². The lowest BCUT2D eigenvalue weighted by atomic mass is 10.1. The number of carbonyl (C=O) groups is 1. The Bertz CT molecular complexity index is 867. The fraction of sp³-hybridized carbons (Fsp3) is 0.167. The van der Waals surface area contributed by atoms with E-state index in [-0.39, 0.29) is 5.78 Å². The van der Waals surface area contributed by atoms with Crippen LogP contribution in [0.5, 0.6) is 0 Å². The van der Waals surface area contributed by atoms with Gasteiger partial charge in [0.05, 0.1) is 5.69 Å². The minimum Gasteiger partial charge on any atom is -0.294 e. The molecule has 3 aromatic rings. The predicted molar refractivity (Wildman–Crippen MR) is 105 cm³/mol. The minimum atomic E-state index is 0.157. The highest BCUT2D eigenvalue weighted by atomic mass is 79.9. The summed E-state index contributed by atoms with van der Waals surface area (Å²) in [5.74, 6) is 0.950. The van der Waals surface area contributed by atoms with Crippen molar-refractivity contribution in [2.24, 2.45) is 0 Å². The summed E-state index contributed by atoms with van der Waals surface area (Å²) in [6.07, 6.45) is 2.96. The second-order valence-corrected chi connectivity index (χ2v) is 7.76. The third-order valence-electron chi connectivity index (χ3n) is 3.55. The smallest absolute Gasteiger partial charge is 0.195 e. The standard InChI is InChI=1S/C18H15BrClN3OS/c19-14-8-6-13(7-9-14)17(24)5-2-10-25-18-22-21-12-23(18)16-4-1-3-15(20)11-16/h1,3-4,6-9,11-12H,2,5,10H2. The highest BCUT2D eigenvalue weighted by Crippen LogP contribution is 2.23. The van der Waals surface area contributed by atoms with E-state index in [1.807, 2.05) is 53.1 Å². The maximum absolute atomic E-state index is 12.2. The van der Waals surface area contributed by atoms with E-state index in [1.54, 1.807) is 18.1 Å². The Balaban J connectivity index is 1.54. The van der Waals surface area contributed by atoms with Crippen molar-refractivity contribution < 1.29 is 4.79 Å². The zero-order valence-electron chi connectivity index (χ0n) is 13.2. The molecule has 0 saturated carbocycles. The molecule has 0 aliphatic rings. The van der Waals surface area contributed by atoms with Crippen molar-refractivity contribution in [3.8, 4) is 5.69 Å². The van der Waals surface area contributed by atoms with Crippen LogP contribution in [0.2, 0.25) is 5.02 Å². The van der Waals surface area contributed by atoms with Crippen LogP contribution >= 0.6 is 39.3 Å². The summed E-state index contributed by atoms with van der Waals surface area (Å²) in [7, 11) is 0. The quantitative estimate of drug-likeness (QED) is 0.281. The van der Waals surface area contributed by atoms with E-state index >= 15 is 0 Å². The van der Waals surface area contributed by atoms with Gasteiger partial charge in [0.1, 0.15) is 6.33 Å². The SMILES string of the molecule is O=C(CCCSc1nncn1-c1cccc(Cl)c1)c1ccc(Br)cc1. The molecule has 0 radical (unpaired) electrons. The maximum Gasteiger partial charge on any atom is 0.195 e. The highest BCUT2D eigenvalue weighted by molar-refractivity contribution is 9.10. The fourth-order valence-electron chi connectivity index (χ4n) is 2.30. The summed E-state index contributed by atoms with van der Waals surface area (Å²) in [6, 6.07) is 15.0. The number of halogens is 2. The molecule has 1 aromatic heterocycles. The second-order valence-electron chi connectivity index (χ2n) is 5.35. The van der Waals surface area contributed by atoms with Crippen LogP contribution in [0.4, 0.5) is 0 Å². The largest absolute Gasteiger partial charge is 0.294 e. The van der Waals surface area contributed by atoms with E-state index in [4.69, 9.17) is 11.6 Å². The Morgan fingerprint density at radius 1 is 1.20 bits per heavy atom. The topological polar surface area (TPSA) is 47.8 Å². The number of rotatable bonds is 7. The van der Waals surface area contributed by atoms with E-state index in [1.165, 1.54) is 0 Å². The second kappa shape index (κ2) is 8.65. The van der Waals surface area contributed by atoms with Crippen molar-refractivity contribution >= 4 is 45.1 Å². The summed E-state index contributed by atoms with van der Waals surface area (Å²) >= 11 is 11.0. The summed E-state index contributed by atoms with van der Waals surface area (Å²) in [5, 5.41) is 9.58. The van der Waals surface area contributed by atoms with Crippen LogP contribution in [0.25, 0.3) is 5.69 Å². The molecule has 0 aliphatic carbocycles. The number of thioether (sulfide) groups is 1. The molecular weight excluding hydrogens is 422 g/mol. The van der Waals surface area contributed by atoms with Gasteiger partial charge >= 0.3 is 0 Å². The maximum atomic E-state index is 12.2. The van der Waals surface area contributed by atoms with Crippen molar-refractivity contribution in [1.29, 1.82) is 0 Å². The van der Waals surface area contributed by atoms with Crippen molar-refractivity contribution in [3.63, 3.8) is 0 Å². The average Bonchev–Trinajstić information content (AvgIpc) is 3.07. The number of benzene rings is 2. The van der Waals surface area contributed by atoms with Gasteiger partial charge in [-0.3, -0.25) is 9.36 Å². The Labute approximate surface area is 163 Å². The van der Waals surface area contributed by atoms with Gasteiger partial charge in [0.2, 0.25) is 0 Å². The van der Waals surface area contributed by atoms with Gasteiger partial charge in [0, 0.05) is 27.2 Å². The fourth-order valence-corrected chi connectivity index (χ4v) is 3.62. The monoisotopic (exact) mass is 435 g/mol. The first kappa shape index (κ1) is 18.2. The number of aromatic nitrogens is 3. The molecule has 0 bridgehead atoms. The molecule has 0 atom stereocenters. The zero-order valence-corrected chi connectivity index (χ0v) is 16.4. The van der Waals surface area contributed by atoms with Gasteiger partial charge in [-0.2, -0.15) is 0 Å². The van der Waals surface area contributed by atoms with Gasteiger partial charge in [0.25, 0.3) is 0 Å². The Morgan fingerprint density at radius 2 is 2.00 bits per heavy atom. The molecular formula is C18H15BrClN3OS. The van der Waals surface area contributed by atoms with Crippen LogP contribution in [0.15, 0.2) is 64.5 Å². The van der Waals surface area contributed by atoms with Crippen molar-refractivity contribution in [3.05, 3.63) is 69.9 Å². The molecule has 128 valence electrons. The van der Waals surface area contributed by atoms with E-state index in [0.29, 0.717) is 11.4 Å². The Kier molecular flexibility index (Phi) is 6.29. The number of carbonyl (C=O) groups excluding carboxylic acids is 1. The molecule has 0 aliphatic heterocycles. The molecule has 7 heteroatoms. The van der Waals surface area contributed by atoms with Crippen LogP contribution in [0.1, 0.15) is 23.2 Å². The molecule has 2 aromatic carbocycles. The molecule has 0 unspecified atom stereocenters. The van der Waals surface area contributed by atoms with Gasteiger partial charge in [-0.05, 0) is 36.8 Å². The normalized spacial score (nSPS) is 10.8. The lowest BCUT2D eigenvalue weighted by Gasteiger charge is -2.06. The zero-order chi connectivity index (χ0) is 17.6. The minimum absolute atomic E-state index is 0.157. The van der Waals surface area contributed by atoms with E-state index in [0.717, 1.165) is 33.1 Å². The first-order valence-corrected chi connectivity index (χ1v) is 9.86. The molecule has 0 amide bonds. The van der Waals surface area contributed by atoms with Gasteiger partial charge < -0.3 is 0 Å². The number of nitrogens with zero attached hydrogens (tertiary/aromatic N) is 3. The summed E-state index contributed by atoms with van der Waals surface area (Å²) in [4.78, 5) is 12.2. The first-order valence-electron chi connectivity index (χ1n) is 7.71. The number of Topliss-reactive ketones (excluding diaryl/α,β-unsaturated/α-hetero) is 1. The van der Waals surface area contributed by atoms with Crippen LogP contribution in [-0.2, 0) is 0 Å². The third kappa shape index (κ3) is 4.93. The lowest BCUT2D eigenvalue weighted by Crippen LogP contribution is -2.00. The van der Waals surface area contributed by atoms with Crippen molar-refractivity contribution in [2.75, 3.05) is 5.75 Å². The molecule has 0 N–H and O–H groups in total. The van der Waals surface area contributed by atoms with Crippen LogP contribution < -0.4 is 0 Å². The molecule has 4 nitrogen and oxygen atoms in total. The van der Waals surface area contributed by atoms with Crippen molar-refractivity contribution in [2.45, 2.75) is 18.0 Å². The predicted octanol–water partition coefficient (Wildman–Crippen LogP) is 5.44. The first-order chi connectivity index (χ1) is 12.1. The third-order valence-corrected chi connectivity index (χ3v) is 5.34. The Morgan fingerprint density at radius 3 is 2.76 bits per heavy atom. The number of hydrogen-bond donors (Lipinski definition) is 0.